The molecular formula is C9H15NO5. The summed E-state index contributed by atoms with van der Waals surface area (Å²) < 4.78 is 4.49. The number of carbonyl (C=O) groups is 3. The number of hydrogen-bond acceptors (Lipinski definition) is 4. The van der Waals surface area contributed by atoms with Crippen LogP contribution in [0.2, 0.25) is 0 Å². The highest BCUT2D eigenvalue weighted by Gasteiger charge is 2.26. The number of amides is 1. The number of carbonyl (C=O) groups excluding carboxylic acids is 2. The highest BCUT2D eigenvalue weighted by atomic mass is 16.5. The van der Waals surface area contributed by atoms with E-state index >= 15 is 0 Å². The van der Waals surface area contributed by atoms with Crippen LogP contribution in [0.1, 0.15) is 26.7 Å². The van der Waals surface area contributed by atoms with E-state index in [0.717, 1.165) is 0 Å². The Bertz CT molecular complexity index is 235. The lowest BCUT2D eigenvalue weighted by Crippen LogP contribution is -2.03. The summed E-state index contributed by atoms with van der Waals surface area (Å²) in [5.41, 5.74) is 0. The van der Waals surface area contributed by atoms with Crippen LogP contribution in [0.3, 0.4) is 0 Å². The van der Waals surface area contributed by atoms with E-state index in [-0.39, 0.29) is 30.9 Å². The first-order chi connectivity index (χ1) is 6.93. The van der Waals surface area contributed by atoms with E-state index in [0.29, 0.717) is 6.42 Å². The summed E-state index contributed by atoms with van der Waals surface area (Å²) >= 11 is 0. The Morgan fingerprint density at radius 1 is 1.53 bits per heavy atom. The van der Waals surface area contributed by atoms with Gasteiger partial charge in [-0.2, -0.15) is 0 Å². The highest BCUT2D eigenvalue weighted by molar-refractivity contribution is 5.95. The summed E-state index contributed by atoms with van der Waals surface area (Å²) in [6.07, 6.45) is 0.433. The van der Waals surface area contributed by atoms with E-state index in [9.17, 15) is 14.4 Å². The van der Waals surface area contributed by atoms with Crippen LogP contribution in [0.25, 0.3) is 0 Å². The van der Waals surface area contributed by atoms with Gasteiger partial charge in [0.25, 0.3) is 0 Å². The van der Waals surface area contributed by atoms with Gasteiger partial charge in [0.05, 0.1) is 6.61 Å². The van der Waals surface area contributed by atoms with Crippen molar-refractivity contribution < 1.29 is 24.2 Å². The van der Waals surface area contributed by atoms with Gasteiger partial charge in [-0.3, -0.25) is 14.4 Å². The second-order valence-corrected chi connectivity index (χ2v) is 3.07. The maximum atomic E-state index is 10.1. The molecule has 1 unspecified atom stereocenters. The molecule has 1 aliphatic heterocycles. The summed E-state index contributed by atoms with van der Waals surface area (Å²) in [6, 6.07) is 0.162. The largest absolute Gasteiger partial charge is 0.481 e. The fourth-order valence-electron chi connectivity index (χ4n) is 0.611. The maximum Gasteiger partial charge on any atom is 0.303 e. The molecule has 0 saturated carbocycles. The molecule has 0 bridgehead atoms. The molecule has 15 heavy (non-hydrogen) atoms. The molecule has 1 heterocycles. The van der Waals surface area contributed by atoms with Crippen molar-refractivity contribution in [2.75, 3.05) is 6.61 Å². The monoisotopic (exact) mass is 217 g/mol. The Labute approximate surface area is 87.6 Å². The molecular weight excluding hydrogens is 202 g/mol. The van der Waals surface area contributed by atoms with E-state index in [4.69, 9.17) is 5.11 Å². The van der Waals surface area contributed by atoms with Gasteiger partial charge in [0.2, 0.25) is 5.91 Å². The Hall–Kier alpha value is -1.59. The standard InChI is InChI=1S/C6H10O4.C3H5NO/c1-5(7)10-4-2-3-6(8)9;1-2-3(5)4-2/h2-4H2,1H3,(H,8,9);2H,1H3,(H,4,5). The van der Waals surface area contributed by atoms with Crippen LogP contribution in [-0.2, 0) is 19.1 Å². The molecule has 0 aromatic rings. The first-order valence-electron chi connectivity index (χ1n) is 4.59. The summed E-state index contributed by atoms with van der Waals surface area (Å²) in [7, 11) is 0. The molecule has 1 rings (SSSR count). The first kappa shape index (κ1) is 13.4. The number of ether oxygens (including phenoxy) is 1. The Kier molecular flexibility index (Phi) is 6.08. The third-order valence-corrected chi connectivity index (χ3v) is 1.51. The molecule has 6 nitrogen and oxygen atoms in total. The van der Waals surface area contributed by atoms with E-state index in [1.807, 2.05) is 6.92 Å². The number of aliphatic carboxylic acids is 1. The molecule has 0 aromatic heterocycles. The van der Waals surface area contributed by atoms with Crippen LogP contribution in [0, 0.1) is 0 Å². The summed E-state index contributed by atoms with van der Waals surface area (Å²) in [5.74, 6) is -1.07. The third-order valence-electron chi connectivity index (χ3n) is 1.51. The molecule has 1 atom stereocenters. The maximum absolute atomic E-state index is 10.1. The molecule has 0 radical (unpaired) electrons. The van der Waals surface area contributed by atoms with Crippen molar-refractivity contribution in [1.29, 1.82) is 0 Å². The molecule has 86 valence electrons. The molecule has 0 aromatic carbocycles. The first-order valence-corrected chi connectivity index (χ1v) is 4.59. The van der Waals surface area contributed by atoms with Crippen molar-refractivity contribution in [2.24, 2.45) is 0 Å². The minimum atomic E-state index is -0.868. The van der Waals surface area contributed by atoms with Crippen LogP contribution in [0.4, 0.5) is 0 Å². The predicted molar refractivity (Wildman–Crippen MR) is 51.1 cm³/mol. The van der Waals surface area contributed by atoms with Crippen molar-refractivity contribution in [1.82, 2.24) is 5.32 Å². The Morgan fingerprint density at radius 3 is 2.27 bits per heavy atom. The van der Waals surface area contributed by atoms with Crippen molar-refractivity contribution >= 4 is 17.8 Å². The fourth-order valence-corrected chi connectivity index (χ4v) is 0.611. The predicted octanol–water partition coefficient (Wildman–Crippen LogP) is -0.0810. The van der Waals surface area contributed by atoms with Gasteiger partial charge in [0, 0.05) is 13.3 Å². The lowest BCUT2D eigenvalue weighted by Gasteiger charge is -1.97. The molecule has 1 aliphatic rings. The lowest BCUT2D eigenvalue weighted by molar-refractivity contribution is -0.143. The third kappa shape index (κ3) is 10.3. The van der Waals surface area contributed by atoms with Gasteiger partial charge in [0.15, 0.2) is 0 Å². The van der Waals surface area contributed by atoms with Crippen molar-refractivity contribution in [3.63, 3.8) is 0 Å². The van der Waals surface area contributed by atoms with Gasteiger partial charge < -0.3 is 15.2 Å². The topological polar surface area (TPSA) is 103 Å². The summed E-state index contributed by atoms with van der Waals surface area (Å²) in [6.45, 7) is 3.32. The minimum Gasteiger partial charge on any atom is -0.481 e. The van der Waals surface area contributed by atoms with Crippen molar-refractivity contribution in [2.45, 2.75) is 32.7 Å². The van der Waals surface area contributed by atoms with E-state index in [1.165, 1.54) is 6.92 Å². The van der Waals surface area contributed by atoms with Gasteiger partial charge in [0.1, 0.15) is 6.04 Å². The number of nitrogens with one attached hydrogen (secondary N) is 1. The van der Waals surface area contributed by atoms with Gasteiger partial charge in [-0.15, -0.1) is 0 Å². The molecule has 1 amide bonds. The summed E-state index contributed by atoms with van der Waals surface area (Å²) in [4.78, 5) is 29.8. The average Bonchev–Trinajstić information content (AvgIpc) is 2.74. The fraction of sp³-hybridized carbons (Fsp3) is 0.667. The zero-order valence-corrected chi connectivity index (χ0v) is 8.78. The SMILES string of the molecule is CC(=O)OCCCC(=O)O.CC1NC1=O. The lowest BCUT2D eigenvalue weighted by atomic mass is 10.3. The number of carboxylic acid groups (broad SMARTS) is 1. The normalized spacial score (nSPS) is 16.9. The van der Waals surface area contributed by atoms with Crippen LogP contribution in [0.5, 0.6) is 0 Å². The highest BCUT2D eigenvalue weighted by Crippen LogP contribution is 1.93. The van der Waals surface area contributed by atoms with Gasteiger partial charge in [-0.1, -0.05) is 0 Å². The minimum absolute atomic E-state index is 0.0489. The second-order valence-electron chi connectivity index (χ2n) is 3.07. The van der Waals surface area contributed by atoms with E-state index in [1.54, 1.807) is 0 Å². The Balaban J connectivity index is 0.000000322. The molecule has 0 aliphatic carbocycles. The second kappa shape index (κ2) is 6.80. The number of rotatable bonds is 4. The zero-order chi connectivity index (χ0) is 11.8. The molecule has 6 heteroatoms. The van der Waals surface area contributed by atoms with Crippen LogP contribution in [-0.4, -0.2) is 35.6 Å². The van der Waals surface area contributed by atoms with Crippen LogP contribution >= 0.6 is 0 Å². The molecule has 0 spiro atoms. The van der Waals surface area contributed by atoms with Gasteiger partial charge >= 0.3 is 11.9 Å². The number of esters is 1. The van der Waals surface area contributed by atoms with E-state index in [2.05, 4.69) is 10.1 Å². The molecule has 1 saturated heterocycles. The van der Waals surface area contributed by atoms with Crippen molar-refractivity contribution in [3.05, 3.63) is 0 Å². The van der Waals surface area contributed by atoms with E-state index < -0.39 is 5.97 Å². The van der Waals surface area contributed by atoms with Crippen LogP contribution < -0.4 is 5.32 Å². The molecule has 1 fully saturated rings. The zero-order valence-electron chi connectivity index (χ0n) is 8.78. The average molecular weight is 217 g/mol. The van der Waals surface area contributed by atoms with Crippen LogP contribution in [0.15, 0.2) is 0 Å². The van der Waals surface area contributed by atoms with Gasteiger partial charge in [-0.25, -0.2) is 0 Å². The molecule has 2 N–H and O–H groups in total. The quantitative estimate of drug-likeness (QED) is 0.389. The smallest absolute Gasteiger partial charge is 0.303 e. The summed E-state index contributed by atoms with van der Waals surface area (Å²) in [5, 5.41) is 10.7. The van der Waals surface area contributed by atoms with Crippen molar-refractivity contribution in [3.8, 4) is 0 Å². The number of hydrogen-bond donors (Lipinski definition) is 2. The Morgan fingerprint density at radius 2 is 2.00 bits per heavy atom. The number of carboxylic acids is 1. The van der Waals surface area contributed by atoms with Gasteiger partial charge in [-0.05, 0) is 13.3 Å².